The maximum Gasteiger partial charge on any atom is 0.227 e. The van der Waals surface area contributed by atoms with E-state index in [4.69, 9.17) is 4.42 Å². The lowest BCUT2D eigenvalue weighted by Crippen LogP contribution is -1.89. The van der Waals surface area contributed by atoms with E-state index in [9.17, 15) is 0 Å². The molecule has 0 unspecified atom stereocenters. The molecule has 5 rings (SSSR count). The monoisotopic (exact) mass is 350 g/mol. The number of aromatic nitrogens is 2. The molecule has 0 saturated carbocycles. The minimum Gasteiger partial charge on any atom is -0.438 e. The smallest absolute Gasteiger partial charge is 0.227 e. The van der Waals surface area contributed by atoms with Gasteiger partial charge in [0.2, 0.25) is 5.71 Å². The number of rotatable bonds is 2. The molecule has 3 aromatic heterocycles. The molecule has 2 aromatic carbocycles. The number of fused-ring (bicyclic) bond motifs is 3. The third-order valence-corrected chi connectivity index (χ3v) is 4.96. The molecule has 0 saturated heterocycles. The second-order valence-electron chi connectivity index (χ2n) is 6.87. The number of hydrogen-bond acceptors (Lipinski definition) is 3. The van der Waals surface area contributed by atoms with E-state index in [1.54, 1.807) is 0 Å². The van der Waals surface area contributed by atoms with Gasteiger partial charge >= 0.3 is 0 Å². The van der Waals surface area contributed by atoms with Gasteiger partial charge in [-0.25, -0.2) is 4.98 Å². The molecule has 0 aliphatic carbocycles. The van der Waals surface area contributed by atoms with Crippen LogP contribution < -0.4 is 0 Å². The van der Waals surface area contributed by atoms with Crippen LogP contribution in [0, 0.1) is 13.8 Å². The van der Waals surface area contributed by atoms with Crippen molar-refractivity contribution >= 4 is 22.1 Å². The van der Waals surface area contributed by atoms with Gasteiger partial charge in [-0.05, 0) is 60.9 Å². The van der Waals surface area contributed by atoms with Crippen molar-refractivity contribution < 1.29 is 4.42 Å². The fourth-order valence-corrected chi connectivity index (χ4v) is 3.52. The van der Waals surface area contributed by atoms with Crippen LogP contribution >= 0.6 is 0 Å². The van der Waals surface area contributed by atoms with Gasteiger partial charge in [0, 0.05) is 28.2 Å². The average molecular weight is 350 g/mol. The van der Waals surface area contributed by atoms with Crippen molar-refractivity contribution in [1.82, 2.24) is 9.97 Å². The highest BCUT2D eigenvalue weighted by molar-refractivity contribution is 6.04. The first-order valence-electron chi connectivity index (χ1n) is 9.01. The van der Waals surface area contributed by atoms with E-state index in [2.05, 4.69) is 59.4 Å². The lowest BCUT2D eigenvalue weighted by Gasteiger charge is -2.09. The van der Waals surface area contributed by atoms with E-state index in [0.29, 0.717) is 5.71 Å². The predicted octanol–water partition coefficient (Wildman–Crippen LogP) is 6.33. The largest absolute Gasteiger partial charge is 0.438 e. The molecular formula is C24H18N2O. The van der Waals surface area contributed by atoms with Crippen LogP contribution in [0.3, 0.4) is 0 Å². The summed E-state index contributed by atoms with van der Waals surface area (Å²) in [6, 6.07) is 22.9. The third-order valence-electron chi connectivity index (χ3n) is 4.96. The molecule has 3 heterocycles. The van der Waals surface area contributed by atoms with Crippen molar-refractivity contribution in [3.05, 3.63) is 84.2 Å². The van der Waals surface area contributed by atoms with Crippen molar-refractivity contribution in [3.63, 3.8) is 0 Å². The zero-order valence-electron chi connectivity index (χ0n) is 15.2. The fourth-order valence-electron chi connectivity index (χ4n) is 3.52. The molecule has 3 nitrogen and oxygen atoms in total. The van der Waals surface area contributed by atoms with Crippen molar-refractivity contribution in [2.75, 3.05) is 0 Å². The average Bonchev–Trinajstić information content (AvgIpc) is 3.05. The molecule has 0 aliphatic rings. The molecule has 0 bridgehead atoms. The van der Waals surface area contributed by atoms with Crippen LogP contribution in [0.4, 0.5) is 0 Å². The number of hydrogen-bond donors (Lipinski definition) is 0. The van der Waals surface area contributed by atoms with Gasteiger partial charge < -0.3 is 4.42 Å². The Morgan fingerprint density at radius 2 is 1.59 bits per heavy atom. The Balaban J connectivity index is 1.68. The molecule has 0 aliphatic heterocycles. The Morgan fingerprint density at radius 1 is 0.778 bits per heavy atom. The number of pyridine rings is 2. The summed E-state index contributed by atoms with van der Waals surface area (Å²) in [4.78, 5) is 9.12. The molecule has 0 spiro atoms. The molecular weight excluding hydrogens is 332 g/mol. The zero-order valence-corrected chi connectivity index (χ0v) is 15.2. The minimum atomic E-state index is 0.693. The lowest BCUT2D eigenvalue weighted by molar-refractivity contribution is 0.653. The first kappa shape index (κ1) is 15.8. The first-order chi connectivity index (χ1) is 13.2. The summed E-state index contributed by atoms with van der Waals surface area (Å²) in [5.41, 5.74) is 8.02. The molecule has 0 radical (unpaired) electrons. The number of furan rings is 1. The SMILES string of the molecule is Cc1ccc2c(n1)oc1cc(-c3cc(-c4ccccc4)ncc3C)ccc12. The van der Waals surface area contributed by atoms with Crippen LogP contribution in [0.25, 0.3) is 44.5 Å². The predicted molar refractivity (Wildman–Crippen MR) is 110 cm³/mol. The van der Waals surface area contributed by atoms with E-state index in [-0.39, 0.29) is 0 Å². The maximum absolute atomic E-state index is 6.02. The second-order valence-corrected chi connectivity index (χ2v) is 6.87. The molecule has 3 heteroatoms. The Kier molecular flexibility index (Phi) is 3.54. The normalized spacial score (nSPS) is 11.3. The van der Waals surface area contributed by atoms with Crippen molar-refractivity contribution in [2.45, 2.75) is 13.8 Å². The zero-order chi connectivity index (χ0) is 18.4. The van der Waals surface area contributed by atoms with E-state index in [1.807, 2.05) is 37.4 Å². The summed E-state index contributed by atoms with van der Waals surface area (Å²) in [5, 5.41) is 2.15. The summed E-state index contributed by atoms with van der Waals surface area (Å²) in [6.45, 7) is 4.06. The quantitative estimate of drug-likeness (QED) is 0.373. The lowest BCUT2D eigenvalue weighted by atomic mass is 9.98. The van der Waals surface area contributed by atoms with Crippen LogP contribution in [-0.4, -0.2) is 9.97 Å². The summed E-state index contributed by atoms with van der Waals surface area (Å²) >= 11 is 0. The molecule has 0 fully saturated rings. The van der Waals surface area contributed by atoms with Crippen molar-refractivity contribution in [1.29, 1.82) is 0 Å². The van der Waals surface area contributed by atoms with Crippen LogP contribution in [0.5, 0.6) is 0 Å². The highest BCUT2D eigenvalue weighted by Gasteiger charge is 2.12. The highest BCUT2D eigenvalue weighted by atomic mass is 16.3. The molecule has 0 N–H and O–H groups in total. The van der Waals surface area contributed by atoms with Gasteiger partial charge in [-0.2, -0.15) is 0 Å². The summed E-state index contributed by atoms with van der Waals surface area (Å²) in [5.74, 6) is 0. The molecule has 0 atom stereocenters. The van der Waals surface area contributed by atoms with E-state index < -0.39 is 0 Å². The van der Waals surface area contributed by atoms with Gasteiger partial charge in [-0.1, -0.05) is 36.4 Å². The van der Waals surface area contributed by atoms with Crippen molar-refractivity contribution in [3.8, 4) is 22.4 Å². The standard InChI is InChI=1S/C24H18N2O/c1-15-14-25-22(17-6-4-3-5-7-17)13-21(15)18-9-11-19-20-10-8-16(2)26-24(20)27-23(19)12-18/h3-14H,1-2H3. The second kappa shape index (κ2) is 6.06. The topological polar surface area (TPSA) is 38.9 Å². The Hall–Kier alpha value is -3.46. The van der Waals surface area contributed by atoms with E-state index in [0.717, 1.165) is 50.0 Å². The van der Waals surface area contributed by atoms with Gasteiger partial charge in [0.05, 0.1) is 5.69 Å². The van der Waals surface area contributed by atoms with E-state index >= 15 is 0 Å². The minimum absolute atomic E-state index is 0.693. The molecule has 0 amide bonds. The van der Waals surface area contributed by atoms with Gasteiger partial charge in [-0.15, -0.1) is 0 Å². The Morgan fingerprint density at radius 3 is 2.44 bits per heavy atom. The number of aryl methyl sites for hydroxylation is 2. The van der Waals surface area contributed by atoms with Crippen LogP contribution in [0.2, 0.25) is 0 Å². The third kappa shape index (κ3) is 2.68. The van der Waals surface area contributed by atoms with Gasteiger partial charge in [0.25, 0.3) is 0 Å². The molecule has 130 valence electrons. The first-order valence-corrected chi connectivity index (χ1v) is 9.01. The molecule has 5 aromatic rings. The van der Waals surface area contributed by atoms with E-state index in [1.165, 1.54) is 0 Å². The van der Waals surface area contributed by atoms with Gasteiger partial charge in [-0.3, -0.25) is 4.98 Å². The van der Waals surface area contributed by atoms with Crippen LogP contribution in [0.15, 0.2) is 77.3 Å². The highest BCUT2D eigenvalue weighted by Crippen LogP contribution is 2.33. The van der Waals surface area contributed by atoms with Crippen LogP contribution in [-0.2, 0) is 0 Å². The Labute approximate surface area is 157 Å². The van der Waals surface area contributed by atoms with Crippen LogP contribution in [0.1, 0.15) is 11.3 Å². The van der Waals surface area contributed by atoms with Gasteiger partial charge in [0.15, 0.2) is 0 Å². The number of benzene rings is 2. The summed E-state index contributed by atoms with van der Waals surface area (Å²) in [6.07, 6.45) is 1.94. The summed E-state index contributed by atoms with van der Waals surface area (Å²) < 4.78 is 6.02. The summed E-state index contributed by atoms with van der Waals surface area (Å²) in [7, 11) is 0. The Bertz CT molecular complexity index is 1290. The molecule has 27 heavy (non-hydrogen) atoms. The van der Waals surface area contributed by atoms with Crippen molar-refractivity contribution in [2.24, 2.45) is 0 Å². The maximum atomic E-state index is 6.02. The number of nitrogens with zero attached hydrogens (tertiary/aromatic N) is 2. The fraction of sp³-hybridized carbons (Fsp3) is 0.0833. The van der Waals surface area contributed by atoms with Gasteiger partial charge in [0.1, 0.15) is 5.58 Å².